The Hall–Kier alpha value is -1.60. The highest BCUT2D eigenvalue weighted by Crippen LogP contribution is 2.34. The van der Waals surface area contributed by atoms with E-state index in [1.165, 1.54) is 72.3 Å². The molecule has 0 radical (unpaired) electrons. The average Bonchev–Trinajstić information content (AvgIpc) is 3.47. The van der Waals surface area contributed by atoms with Crippen molar-refractivity contribution in [2.24, 2.45) is 0 Å². The number of fused-ring (bicyclic) bond motifs is 6. The van der Waals surface area contributed by atoms with Gasteiger partial charge in [-0.15, -0.1) is 0 Å². The zero-order valence-corrected chi connectivity index (χ0v) is 28.0. The third-order valence-electron chi connectivity index (χ3n) is 7.87. The first-order valence-corrected chi connectivity index (χ1v) is 17.9. The number of benzene rings is 4. The fourth-order valence-electron chi connectivity index (χ4n) is 5.93. The monoisotopic (exact) mass is 770 g/mol. The topological polar surface area (TPSA) is 9.86 Å². The first-order chi connectivity index (χ1) is 19.1. The third-order valence-corrected chi connectivity index (χ3v) is 10.5. The fourth-order valence-corrected chi connectivity index (χ4v) is 7.32. The zero-order chi connectivity index (χ0) is 26.9. The second-order valence-electron chi connectivity index (χ2n) is 10.3. The predicted molar refractivity (Wildman–Crippen MR) is 183 cm³/mol. The summed E-state index contributed by atoms with van der Waals surface area (Å²) < 4.78 is 5.06. The molecule has 0 saturated heterocycles. The van der Waals surface area contributed by atoms with Crippen molar-refractivity contribution in [3.63, 3.8) is 0 Å². The molecule has 39 heavy (non-hydrogen) atoms. The number of aryl methyl sites for hydroxylation is 2. The van der Waals surface area contributed by atoms with E-state index in [4.69, 9.17) is 0 Å². The van der Waals surface area contributed by atoms with Crippen LogP contribution < -0.4 is 0 Å². The molecule has 2 nitrogen and oxygen atoms in total. The summed E-state index contributed by atoms with van der Waals surface area (Å²) in [5.41, 5.74) is 10.7. The van der Waals surface area contributed by atoms with Gasteiger partial charge in [-0.25, -0.2) is 0 Å². The summed E-state index contributed by atoms with van der Waals surface area (Å²) in [6.07, 6.45) is 3.52. The van der Waals surface area contributed by atoms with E-state index in [0.717, 1.165) is 47.3 Å². The number of aromatic nitrogens is 2. The van der Waals surface area contributed by atoms with Crippen LogP contribution in [0.5, 0.6) is 0 Å². The van der Waals surface area contributed by atoms with Gasteiger partial charge in [0.15, 0.2) is 0 Å². The van der Waals surface area contributed by atoms with Crippen LogP contribution in [-0.4, -0.2) is 9.13 Å². The number of hydrogen-bond donors (Lipinski definition) is 0. The number of hydrogen-bond acceptors (Lipinski definition) is 0. The van der Waals surface area contributed by atoms with Crippen LogP contribution in [0.1, 0.15) is 41.5 Å². The van der Waals surface area contributed by atoms with Gasteiger partial charge < -0.3 is 9.13 Å². The molecular formula is C33H30Br4N2. The molecule has 4 aromatic carbocycles. The van der Waals surface area contributed by atoms with Gasteiger partial charge >= 0.3 is 0 Å². The average molecular weight is 774 g/mol. The lowest BCUT2D eigenvalue weighted by atomic mass is 10.1. The van der Waals surface area contributed by atoms with E-state index in [0.29, 0.717) is 0 Å². The SMILES string of the molecule is BrCc1ccc2c(c1)c1cc(CBr)ccc1n2CCCCCn1c2ccc(CBr)cc2c2cc(CBr)ccc21. The fraction of sp³-hybridized carbons (Fsp3) is 0.273. The molecule has 6 heteroatoms. The summed E-state index contributed by atoms with van der Waals surface area (Å²) in [5, 5.41) is 8.97. The number of rotatable bonds is 10. The Labute approximate surface area is 263 Å². The molecule has 200 valence electrons. The highest BCUT2D eigenvalue weighted by atomic mass is 79.9. The lowest BCUT2D eigenvalue weighted by molar-refractivity contribution is 0.569. The minimum Gasteiger partial charge on any atom is -0.340 e. The standard InChI is InChI=1S/C33H30Br4N2/c34-18-22-4-8-30-26(14-22)27-15-23(19-35)5-9-31(27)38(30)12-2-1-3-13-39-32-10-6-24(20-36)16-28(32)29-17-25(21-37)7-11-33(29)39/h4-11,14-17H,1-3,12-13,18-21H2. The van der Waals surface area contributed by atoms with Crippen molar-refractivity contribution in [3.8, 4) is 0 Å². The van der Waals surface area contributed by atoms with Crippen LogP contribution in [0.4, 0.5) is 0 Å². The van der Waals surface area contributed by atoms with Crippen molar-refractivity contribution < 1.29 is 0 Å². The minimum absolute atomic E-state index is 0.880. The molecule has 0 aliphatic carbocycles. The van der Waals surface area contributed by atoms with E-state index in [1.807, 2.05) is 0 Å². The van der Waals surface area contributed by atoms with Crippen LogP contribution in [-0.2, 0) is 34.4 Å². The predicted octanol–water partition coefficient (Wildman–Crippen LogP) is 11.4. The maximum absolute atomic E-state index is 3.64. The first kappa shape index (κ1) is 27.6. The van der Waals surface area contributed by atoms with E-state index in [1.54, 1.807) is 0 Å². The molecule has 0 unspecified atom stereocenters. The summed E-state index contributed by atoms with van der Waals surface area (Å²) >= 11 is 14.6. The third kappa shape index (κ3) is 5.27. The van der Waals surface area contributed by atoms with Gasteiger partial charge in [0.25, 0.3) is 0 Å². The maximum Gasteiger partial charge on any atom is 0.0491 e. The molecule has 0 aliphatic heterocycles. The van der Waals surface area contributed by atoms with E-state index in [9.17, 15) is 0 Å². The Morgan fingerprint density at radius 1 is 0.385 bits per heavy atom. The summed E-state index contributed by atoms with van der Waals surface area (Å²) in [5.74, 6) is 0. The smallest absolute Gasteiger partial charge is 0.0491 e. The van der Waals surface area contributed by atoms with Gasteiger partial charge in [0, 0.05) is 78.0 Å². The van der Waals surface area contributed by atoms with Crippen LogP contribution in [0, 0.1) is 0 Å². The molecule has 0 saturated carbocycles. The van der Waals surface area contributed by atoms with Crippen molar-refractivity contribution in [1.29, 1.82) is 0 Å². The Bertz CT molecular complexity index is 1540. The van der Waals surface area contributed by atoms with Gasteiger partial charge in [0.1, 0.15) is 0 Å². The van der Waals surface area contributed by atoms with E-state index in [2.05, 4.69) is 146 Å². The maximum atomic E-state index is 3.64. The first-order valence-electron chi connectivity index (χ1n) is 13.5. The minimum atomic E-state index is 0.880. The van der Waals surface area contributed by atoms with Crippen molar-refractivity contribution >= 4 is 107 Å². The Balaban J connectivity index is 1.24. The quantitative estimate of drug-likeness (QED) is 0.0969. The summed E-state index contributed by atoms with van der Waals surface area (Å²) in [6.45, 7) is 2.08. The van der Waals surface area contributed by atoms with Crippen molar-refractivity contribution in [3.05, 3.63) is 95.1 Å². The van der Waals surface area contributed by atoms with E-state index >= 15 is 0 Å². The Morgan fingerprint density at radius 3 is 0.923 bits per heavy atom. The van der Waals surface area contributed by atoms with Gasteiger partial charge in [-0.2, -0.15) is 0 Å². The Morgan fingerprint density at radius 2 is 0.667 bits per heavy atom. The van der Waals surface area contributed by atoms with Gasteiger partial charge in [-0.1, -0.05) is 88.0 Å². The highest BCUT2D eigenvalue weighted by molar-refractivity contribution is 9.09. The molecule has 0 N–H and O–H groups in total. The van der Waals surface area contributed by atoms with Gasteiger partial charge in [-0.3, -0.25) is 0 Å². The number of unbranched alkanes of at least 4 members (excludes halogenated alkanes) is 2. The van der Waals surface area contributed by atoms with Crippen LogP contribution in [0.2, 0.25) is 0 Å². The van der Waals surface area contributed by atoms with Crippen LogP contribution >= 0.6 is 63.7 Å². The molecule has 2 aromatic heterocycles. The molecule has 2 heterocycles. The largest absolute Gasteiger partial charge is 0.340 e. The molecule has 0 fully saturated rings. The summed E-state index contributed by atoms with van der Waals surface area (Å²) in [4.78, 5) is 0. The molecule has 0 aliphatic rings. The molecule has 0 bridgehead atoms. The van der Waals surface area contributed by atoms with Gasteiger partial charge in [0.05, 0.1) is 0 Å². The van der Waals surface area contributed by atoms with Crippen LogP contribution in [0.15, 0.2) is 72.8 Å². The molecular weight excluding hydrogens is 744 g/mol. The van der Waals surface area contributed by atoms with Crippen molar-refractivity contribution in [2.75, 3.05) is 0 Å². The van der Waals surface area contributed by atoms with Gasteiger partial charge in [-0.05, 0) is 90.0 Å². The lowest BCUT2D eigenvalue weighted by Gasteiger charge is -2.10. The van der Waals surface area contributed by atoms with Crippen LogP contribution in [0.25, 0.3) is 43.6 Å². The second kappa shape index (κ2) is 12.1. The number of alkyl halides is 4. The second-order valence-corrected chi connectivity index (χ2v) is 12.5. The van der Waals surface area contributed by atoms with Crippen LogP contribution in [0.3, 0.4) is 0 Å². The summed E-state index contributed by atoms with van der Waals surface area (Å²) in [7, 11) is 0. The molecule has 6 rings (SSSR count). The summed E-state index contributed by atoms with van der Waals surface area (Å²) in [6, 6.07) is 27.6. The molecule has 6 aromatic rings. The van der Waals surface area contributed by atoms with E-state index < -0.39 is 0 Å². The zero-order valence-electron chi connectivity index (χ0n) is 21.7. The number of halogens is 4. The highest BCUT2D eigenvalue weighted by Gasteiger charge is 2.14. The lowest BCUT2D eigenvalue weighted by Crippen LogP contribution is -2.01. The molecule has 0 spiro atoms. The van der Waals surface area contributed by atoms with Gasteiger partial charge in [0.2, 0.25) is 0 Å². The van der Waals surface area contributed by atoms with Crippen molar-refractivity contribution in [2.45, 2.75) is 53.7 Å². The normalized spacial score (nSPS) is 12.0. The number of nitrogens with zero attached hydrogens (tertiary/aromatic N) is 2. The van der Waals surface area contributed by atoms with Crippen molar-refractivity contribution in [1.82, 2.24) is 9.13 Å². The molecule has 0 amide bonds. The molecule has 0 atom stereocenters. The van der Waals surface area contributed by atoms with E-state index in [-0.39, 0.29) is 0 Å². The Kier molecular flexibility index (Phi) is 8.55.